The number of hydrogen-bond donors (Lipinski definition) is 0. The Balaban J connectivity index is 1.83. The van der Waals surface area contributed by atoms with Crippen LogP contribution in [0.25, 0.3) is 0 Å². The molecule has 0 aliphatic carbocycles. The summed E-state index contributed by atoms with van der Waals surface area (Å²) in [6.07, 6.45) is 0. The van der Waals surface area contributed by atoms with E-state index >= 15 is 0 Å². The SMILES string of the molecule is Bc1ccc(CSCc2ccc(Br)cc2)cc1. The smallest absolute Gasteiger partial charge is 0.139 e. The molecule has 0 amide bonds. The van der Waals surface area contributed by atoms with E-state index in [0.29, 0.717) is 0 Å². The Kier molecular flexibility index (Phi) is 4.75. The van der Waals surface area contributed by atoms with Crippen molar-refractivity contribution in [1.82, 2.24) is 0 Å². The van der Waals surface area contributed by atoms with Gasteiger partial charge in [-0.1, -0.05) is 57.8 Å². The Morgan fingerprint density at radius 1 is 0.824 bits per heavy atom. The summed E-state index contributed by atoms with van der Waals surface area (Å²) < 4.78 is 1.14. The average molecular weight is 305 g/mol. The summed E-state index contributed by atoms with van der Waals surface area (Å²) in [6, 6.07) is 17.3. The summed E-state index contributed by atoms with van der Waals surface area (Å²) in [5, 5.41) is 0. The number of benzene rings is 2. The molecule has 0 aliphatic heterocycles. The molecule has 0 aromatic heterocycles. The van der Waals surface area contributed by atoms with Gasteiger partial charge in [-0.05, 0) is 23.3 Å². The van der Waals surface area contributed by atoms with Gasteiger partial charge in [0, 0.05) is 16.0 Å². The lowest BCUT2D eigenvalue weighted by Gasteiger charge is -2.03. The molecule has 0 saturated heterocycles. The quantitative estimate of drug-likeness (QED) is 0.782. The minimum Gasteiger partial charge on any atom is -0.152 e. The molecule has 0 atom stereocenters. The Hall–Kier alpha value is -0.665. The lowest BCUT2D eigenvalue weighted by molar-refractivity contribution is 1.36. The van der Waals surface area contributed by atoms with Gasteiger partial charge in [0.25, 0.3) is 0 Å². The van der Waals surface area contributed by atoms with Crippen molar-refractivity contribution < 1.29 is 0 Å². The zero-order valence-electron chi connectivity index (χ0n) is 9.82. The normalized spacial score (nSPS) is 10.4. The molecule has 0 fully saturated rings. The molecule has 0 nitrogen and oxygen atoms in total. The molecule has 0 N–H and O–H groups in total. The monoisotopic (exact) mass is 304 g/mol. The summed E-state index contributed by atoms with van der Waals surface area (Å²) in [5.41, 5.74) is 4.11. The number of hydrogen-bond acceptors (Lipinski definition) is 1. The standard InChI is InChI=1S/C14H14BBrS/c15-13-5-1-11(2-6-13)9-17-10-12-3-7-14(16)8-4-12/h1-8H,9-10,15H2. The van der Waals surface area contributed by atoms with E-state index in [4.69, 9.17) is 0 Å². The maximum absolute atomic E-state index is 3.45. The van der Waals surface area contributed by atoms with Crippen LogP contribution in [0.1, 0.15) is 11.1 Å². The first-order chi connectivity index (χ1) is 8.24. The van der Waals surface area contributed by atoms with Gasteiger partial charge in [-0.15, -0.1) is 0 Å². The van der Waals surface area contributed by atoms with E-state index < -0.39 is 0 Å². The molecule has 0 radical (unpaired) electrons. The van der Waals surface area contributed by atoms with Crippen molar-refractivity contribution in [2.75, 3.05) is 0 Å². The highest BCUT2D eigenvalue weighted by Crippen LogP contribution is 2.19. The molecule has 0 heterocycles. The molecule has 2 aromatic carbocycles. The first kappa shape index (κ1) is 12.8. The van der Waals surface area contributed by atoms with Crippen LogP contribution in [0.2, 0.25) is 0 Å². The maximum Gasteiger partial charge on any atom is 0.139 e. The highest BCUT2D eigenvalue weighted by molar-refractivity contribution is 9.10. The third kappa shape index (κ3) is 4.25. The van der Waals surface area contributed by atoms with Crippen molar-refractivity contribution >= 4 is 41.0 Å². The van der Waals surface area contributed by atoms with Gasteiger partial charge in [0.1, 0.15) is 7.85 Å². The molecular formula is C14H14BBrS. The van der Waals surface area contributed by atoms with Gasteiger partial charge in [0.05, 0.1) is 0 Å². The lowest BCUT2D eigenvalue weighted by atomic mass is 9.96. The van der Waals surface area contributed by atoms with Crippen molar-refractivity contribution in [2.24, 2.45) is 0 Å². The molecule has 0 spiro atoms. The zero-order chi connectivity index (χ0) is 12.1. The predicted molar refractivity (Wildman–Crippen MR) is 83.8 cm³/mol. The minimum absolute atomic E-state index is 1.07. The van der Waals surface area contributed by atoms with Crippen molar-refractivity contribution in [3.05, 3.63) is 64.1 Å². The van der Waals surface area contributed by atoms with E-state index in [1.165, 1.54) is 16.6 Å². The Morgan fingerprint density at radius 3 is 1.82 bits per heavy atom. The summed E-state index contributed by atoms with van der Waals surface area (Å²) in [5.74, 6) is 2.15. The highest BCUT2D eigenvalue weighted by Gasteiger charge is 1.96. The van der Waals surface area contributed by atoms with Crippen LogP contribution in [0.4, 0.5) is 0 Å². The molecular weight excluding hydrogens is 291 g/mol. The predicted octanol–water partition coefficient (Wildman–Crippen LogP) is 3.14. The van der Waals surface area contributed by atoms with Crippen molar-refractivity contribution in [1.29, 1.82) is 0 Å². The molecule has 2 aromatic rings. The Bertz CT molecular complexity index is 419. The minimum atomic E-state index is 1.07. The van der Waals surface area contributed by atoms with Gasteiger partial charge in [-0.25, -0.2) is 0 Å². The number of rotatable bonds is 4. The van der Waals surface area contributed by atoms with Crippen LogP contribution in [0.5, 0.6) is 0 Å². The van der Waals surface area contributed by atoms with Crippen LogP contribution in [-0.4, -0.2) is 7.85 Å². The van der Waals surface area contributed by atoms with E-state index in [-0.39, 0.29) is 0 Å². The fraction of sp³-hybridized carbons (Fsp3) is 0.143. The zero-order valence-corrected chi connectivity index (χ0v) is 12.2. The van der Waals surface area contributed by atoms with Crippen LogP contribution in [-0.2, 0) is 11.5 Å². The van der Waals surface area contributed by atoms with Crippen LogP contribution >= 0.6 is 27.7 Å². The van der Waals surface area contributed by atoms with Gasteiger partial charge in [0.2, 0.25) is 0 Å². The second-order valence-electron chi connectivity index (χ2n) is 4.10. The van der Waals surface area contributed by atoms with Crippen LogP contribution < -0.4 is 5.46 Å². The second-order valence-corrected chi connectivity index (χ2v) is 6.01. The van der Waals surface area contributed by atoms with Crippen LogP contribution in [0.15, 0.2) is 53.0 Å². The molecule has 86 valence electrons. The van der Waals surface area contributed by atoms with Crippen molar-refractivity contribution in [3.8, 4) is 0 Å². The van der Waals surface area contributed by atoms with Gasteiger partial charge in [0.15, 0.2) is 0 Å². The topological polar surface area (TPSA) is 0 Å². The fourth-order valence-corrected chi connectivity index (χ4v) is 2.77. The largest absolute Gasteiger partial charge is 0.152 e. The van der Waals surface area contributed by atoms with Crippen molar-refractivity contribution in [2.45, 2.75) is 11.5 Å². The molecule has 2 rings (SSSR count). The summed E-state index contributed by atoms with van der Waals surface area (Å²) in [6.45, 7) is 0. The Morgan fingerprint density at radius 2 is 1.29 bits per heavy atom. The van der Waals surface area contributed by atoms with Crippen molar-refractivity contribution in [3.63, 3.8) is 0 Å². The first-order valence-corrected chi connectivity index (χ1v) is 7.56. The van der Waals surface area contributed by atoms with E-state index in [9.17, 15) is 0 Å². The summed E-state index contributed by atoms with van der Waals surface area (Å²) >= 11 is 5.41. The van der Waals surface area contributed by atoms with E-state index in [0.717, 1.165) is 16.0 Å². The van der Waals surface area contributed by atoms with E-state index in [1.54, 1.807) is 0 Å². The Labute approximate surface area is 116 Å². The molecule has 0 saturated carbocycles. The second kappa shape index (κ2) is 6.32. The maximum atomic E-state index is 3.45. The van der Waals surface area contributed by atoms with E-state index in [1.807, 2.05) is 11.8 Å². The molecule has 0 unspecified atom stereocenters. The third-order valence-electron chi connectivity index (χ3n) is 2.57. The van der Waals surface area contributed by atoms with E-state index in [2.05, 4.69) is 72.3 Å². The van der Waals surface area contributed by atoms with Crippen LogP contribution in [0, 0.1) is 0 Å². The van der Waals surface area contributed by atoms with Gasteiger partial charge >= 0.3 is 0 Å². The molecule has 17 heavy (non-hydrogen) atoms. The molecule has 0 bridgehead atoms. The van der Waals surface area contributed by atoms with Gasteiger partial charge in [-0.2, -0.15) is 11.8 Å². The number of thioether (sulfide) groups is 1. The summed E-state index contributed by atoms with van der Waals surface area (Å²) in [4.78, 5) is 0. The number of halogens is 1. The third-order valence-corrected chi connectivity index (χ3v) is 4.17. The van der Waals surface area contributed by atoms with Crippen LogP contribution in [0.3, 0.4) is 0 Å². The molecule has 3 heteroatoms. The molecule has 0 aliphatic rings. The first-order valence-electron chi connectivity index (χ1n) is 5.62. The average Bonchev–Trinajstić information content (AvgIpc) is 2.34. The van der Waals surface area contributed by atoms with Gasteiger partial charge in [-0.3, -0.25) is 0 Å². The highest BCUT2D eigenvalue weighted by atomic mass is 79.9. The van der Waals surface area contributed by atoms with Gasteiger partial charge < -0.3 is 0 Å². The lowest BCUT2D eigenvalue weighted by Crippen LogP contribution is -1.99. The summed E-state index contributed by atoms with van der Waals surface area (Å²) in [7, 11) is 2.12. The fourth-order valence-electron chi connectivity index (χ4n) is 1.55.